The highest BCUT2D eigenvalue weighted by atomic mass is 16.5. The average Bonchev–Trinajstić information content (AvgIpc) is 2.29. The van der Waals surface area contributed by atoms with Gasteiger partial charge in [-0.05, 0) is 39.7 Å². The molecule has 1 rings (SSSR count). The first-order chi connectivity index (χ1) is 8.42. The predicted octanol–water partition coefficient (Wildman–Crippen LogP) is 3.85. The van der Waals surface area contributed by atoms with Gasteiger partial charge in [0.1, 0.15) is 0 Å². The fourth-order valence-corrected chi connectivity index (χ4v) is 1.71. The Morgan fingerprint density at radius 2 is 1.78 bits per heavy atom. The molecule has 102 valence electrons. The number of hydrogen-bond donors (Lipinski definition) is 1. The molecule has 18 heavy (non-hydrogen) atoms. The van der Waals surface area contributed by atoms with Gasteiger partial charge in [-0.3, -0.25) is 0 Å². The molecule has 1 atom stereocenters. The fraction of sp³-hybridized carbons (Fsp3) is 0.625. The molecule has 0 aliphatic heterocycles. The smallest absolute Gasteiger partial charge is 0.0949 e. The second kappa shape index (κ2) is 6.91. The molecule has 0 saturated carbocycles. The molecule has 1 aromatic carbocycles. The standard InChI is InChI=1S/C16H27NO/c1-6-11-18-15(12-17-16(3,4)5)14-9-7-13(2)8-10-14/h7-10,15,17H,6,11-12H2,1-5H3. The van der Waals surface area contributed by atoms with Gasteiger partial charge in [-0.1, -0.05) is 36.8 Å². The number of aryl methyl sites for hydroxylation is 1. The first-order valence-electron chi connectivity index (χ1n) is 6.85. The van der Waals surface area contributed by atoms with E-state index in [-0.39, 0.29) is 11.6 Å². The number of rotatable bonds is 6. The van der Waals surface area contributed by atoms with Crippen molar-refractivity contribution in [3.8, 4) is 0 Å². The van der Waals surface area contributed by atoms with Crippen molar-refractivity contribution in [3.63, 3.8) is 0 Å². The van der Waals surface area contributed by atoms with Gasteiger partial charge >= 0.3 is 0 Å². The fourth-order valence-electron chi connectivity index (χ4n) is 1.71. The van der Waals surface area contributed by atoms with Crippen LogP contribution in [0.15, 0.2) is 24.3 Å². The van der Waals surface area contributed by atoms with E-state index in [1.807, 2.05) is 0 Å². The van der Waals surface area contributed by atoms with Crippen molar-refractivity contribution in [3.05, 3.63) is 35.4 Å². The second-order valence-corrected chi connectivity index (χ2v) is 5.90. The van der Waals surface area contributed by atoms with Crippen LogP contribution in [-0.2, 0) is 4.74 Å². The van der Waals surface area contributed by atoms with E-state index in [0.717, 1.165) is 19.6 Å². The van der Waals surface area contributed by atoms with Crippen LogP contribution >= 0.6 is 0 Å². The molecule has 0 saturated heterocycles. The third kappa shape index (κ3) is 5.65. The maximum Gasteiger partial charge on any atom is 0.0949 e. The molecule has 0 amide bonds. The maximum atomic E-state index is 5.95. The molecular formula is C16H27NO. The average molecular weight is 249 g/mol. The van der Waals surface area contributed by atoms with Crippen molar-refractivity contribution in [2.24, 2.45) is 0 Å². The minimum atomic E-state index is 0.124. The molecule has 0 aromatic heterocycles. The predicted molar refractivity (Wildman–Crippen MR) is 77.9 cm³/mol. The Kier molecular flexibility index (Phi) is 5.83. The van der Waals surface area contributed by atoms with E-state index < -0.39 is 0 Å². The number of hydrogen-bond acceptors (Lipinski definition) is 2. The van der Waals surface area contributed by atoms with E-state index in [0.29, 0.717) is 0 Å². The number of benzene rings is 1. The van der Waals surface area contributed by atoms with Gasteiger partial charge in [-0.2, -0.15) is 0 Å². The lowest BCUT2D eigenvalue weighted by molar-refractivity contribution is 0.0487. The van der Waals surface area contributed by atoms with E-state index in [1.54, 1.807) is 0 Å². The van der Waals surface area contributed by atoms with Crippen LogP contribution < -0.4 is 5.32 Å². The highest BCUT2D eigenvalue weighted by molar-refractivity contribution is 5.23. The Hall–Kier alpha value is -0.860. The molecular weight excluding hydrogens is 222 g/mol. The molecule has 0 bridgehead atoms. The van der Waals surface area contributed by atoms with Gasteiger partial charge in [0, 0.05) is 18.7 Å². The lowest BCUT2D eigenvalue weighted by Crippen LogP contribution is -2.39. The van der Waals surface area contributed by atoms with Gasteiger partial charge < -0.3 is 10.1 Å². The summed E-state index contributed by atoms with van der Waals surface area (Å²) in [5.74, 6) is 0. The van der Waals surface area contributed by atoms with Crippen LogP contribution in [0.4, 0.5) is 0 Å². The summed E-state index contributed by atoms with van der Waals surface area (Å²) in [6.07, 6.45) is 1.20. The highest BCUT2D eigenvalue weighted by Crippen LogP contribution is 2.18. The quantitative estimate of drug-likeness (QED) is 0.827. The van der Waals surface area contributed by atoms with Crippen LogP contribution in [0.3, 0.4) is 0 Å². The molecule has 1 N–H and O–H groups in total. The molecule has 0 fully saturated rings. The molecule has 0 aliphatic rings. The van der Waals surface area contributed by atoms with Crippen molar-refractivity contribution in [2.45, 2.75) is 52.7 Å². The largest absolute Gasteiger partial charge is 0.372 e. The zero-order valence-corrected chi connectivity index (χ0v) is 12.4. The van der Waals surface area contributed by atoms with Gasteiger partial charge in [0.15, 0.2) is 0 Å². The normalized spacial score (nSPS) is 13.6. The van der Waals surface area contributed by atoms with Gasteiger partial charge in [0.2, 0.25) is 0 Å². The van der Waals surface area contributed by atoms with Crippen molar-refractivity contribution in [1.29, 1.82) is 0 Å². The molecule has 0 heterocycles. The monoisotopic (exact) mass is 249 g/mol. The Morgan fingerprint density at radius 3 is 2.28 bits per heavy atom. The van der Waals surface area contributed by atoms with E-state index in [2.05, 4.69) is 64.2 Å². The summed E-state index contributed by atoms with van der Waals surface area (Å²) in [5.41, 5.74) is 2.67. The van der Waals surface area contributed by atoms with Crippen LogP contribution in [0.1, 0.15) is 51.3 Å². The summed E-state index contributed by atoms with van der Waals surface area (Å²) in [7, 11) is 0. The summed E-state index contributed by atoms with van der Waals surface area (Å²) in [6, 6.07) is 8.63. The minimum absolute atomic E-state index is 0.124. The van der Waals surface area contributed by atoms with E-state index in [9.17, 15) is 0 Å². The second-order valence-electron chi connectivity index (χ2n) is 5.90. The zero-order chi connectivity index (χ0) is 13.6. The summed E-state index contributed by atoms with van der Waals surface area (Å²) in [6.45, 7) is 12.5. The van der Waals surface area contributed by atoms with E-state index in [1.165, 1.54) is 11.1 Å². The highest BCUT2D eigenvalue weighted by Gasteiger charge is 2.16. The molecule has 0 spiro atoms. The molecule has 2 nitrogen and oxygen atoms in total. The van der Waals surface area contributed by atoms with E-state index in [4.69, 9.17) is 4.74 Å². The third-order valence-electron chi connectivity index (χ3n) is 2.79. The molecule has 0 radical (unpaired) electrons. The van der Waals surface area contributed by atoms with E-state index >= 15 is 0 Å². The van der Waals surface area contributed by atoms with Crippen molar-refractivity contribution >= 4 is 0 Å². The topological polar surface area (TPSA) is 21.3 Å². The van der Waals surface area contributed by atoms with Crippen LogP contribution in [-0.4, -0.2) is 18.7 Å². The van der Waals surface area contributed by atoms with Gasteiger partial charge in [-0.15, -0.1) is 0 Å². The molecule has 1 unspecified atom stereocenters. The maximum absolute atomic E-state index is 5.95. The summed E-state index contributed by atoms with van der Waals surface area (Å²) in [4.78, 5) is 0. The van der Waals surface area contributed by atoms with Crippen molar-refractivity contribution < 1.29 is 4.74 Å². The van der Waals surface area contributed by atoms with Crippen molar-refractivity contribution in [1.82, 2.24) is 5.32 Å². The number of ether oxygens (including phenoxy) is 1. The first-order valence-corrected chi connectivity index (χ1v) is 6.85. The van der Waals surface area contributed by atoms with Gasteiger partial charge in [-0.25, -0.2) is 0 Å². The minimum Gasteiger partial charge on any atom is -0.372 e. The van der Waals surface area contributed by atoms with Crippen LogP contribution in [0.5, 0.6) is 0 Å². The Morgan fingerprint density at radius 1 is 1.17 bits per heavy atom. The van der Waals surface area contributed by atoms with Gasteiger partial charge in [0.05, 0.1) is 6.10 Å². The van der Waals surface area contributed by atoms with Crippen molar-refractivity contribution in [2.75, 3.05) is 13.2 Å². The Labute approximate surface area is 112 Å². The van der Waals surface area contributed by atoms with Crippen LogP contribution in [0.2, 0.25) is 0 Å². The lowest BCUT2D eigenvalue weighted by Gasteiger charge is -2.26. The molecule has 0 aliphatic carbocycles. The zero-order valence-electron chi connectivity index (χ0n) is 12.4. The molecule has 2 heteroatoms. The molecule has 1 aromatic rings. The van der Waals surface area contributed by atoms with Crippen LogP contribution in [0, 0.1) is 6.92 Å². The lowest BCUT2D eigenvalue weighted by atomic mass is 10.0. The Balaban J connectivity index is 2.68. The van der Waals surface area contributed by atoms with Gasteiger partial charge in [0.25, 0.3) is 0 Å². The third-order valence-corrected chi connectivity index (χ3v) is 2.79. The number of nitrogens with one attached hydrogen (secondary N) is 1. The first kappa shape index (κ1) is 15.2. The summed E-state index contributed by atoms with van der Waals surface area (Å²) in [5, 5.41) is 3.52. The SMILES string of the molecule is CCCOC(CNC(C)(C)C)c1ccc(C)cc1. The summed E-state index contributed by atoms with van der Waals surface area (Å²) >= 11 is 0. The Bertz CT molecular complexity index is 337. The summed E-state index contributed by atoms with van der Waals surface area (Å²) < 4.78 is 5.95. The van der Waals surface area contributed by atoms with Crippen LogP contribution in [0.25, 0.3) is 0 Å².